The Hall–Kier alpha value is -1.33. The molecule has 0 aromatic carbocycles. The lowest BCUT2D eigenvalue weighted by molar-refractivity contribution is 0.673. The Balaban J connectivity index is 1.83. The number of rotatable bonds is 4. The van der Waals surface area contributed by atoms with Crippen molar-refractivity contribution in [2.24, 2.45) is 0 Å². The van der Waals surface area contributed by atoms with Crippen LogP contribution in [0.3, 0.4) is 0 Å². The highest BCUT2D eigenvalue weighted by Gasteiger charge is 2.20. The fraction of sp³-hybridized carbons (Fsp3) is 0.308. The van der Waals surface area contributed by atoms with Gasteiger partial charge in [-0.25, -0.2) is 9.97 Å². The molecule has 0 aliphatic heterocycles. The molecule has 0 amide bonds. The normalized spacial score (nSPS) is 14.7. The van der Waals surface area contributed by atoms with Crippen molar-refractivity contribution in [1.82, 2.24) is 20.3 Å². The van der Waals surface area contributed by atoms with E-state index in [2.05, 4.69) is 36.2 Å². The summed E-state index contributed by atoms with van der Waals surface area (Å²) in [5, 5.41) is 3.44. The minimum atomic E-state index is 0.664. The Morgan fingerprint density at radius 1 is 1.22 bits per heavy atom. The van der Waals surface area contributed by atoms with Crippen LogP contribution >= 0.6 is 15.9 Å². The fourth-order valence-electron chi connectivity index (χ4n) is 1.70. The number of nitrogens with one attached hydrogen (secondary N) is 1. The van der Waals surface area contributed by atoms with Gasteiger partial charge in [-0.3, -0.25) is 4.98 Å². The van der Waals surface area contributed by atoms with Crippen molar-refractivity contribution in [3.05, 3.63) is 40.8 Å². The number of pyridine rings is 1. The molecule has 5 heteroatoms. The summed E-state index contributed by atoms with van der Waals surface area (Å²) in [4.78, 5) is 13.1. The van der Waals surface area contributed by atoms with Crippen molar-refractivity contribution < 1.29 is 0 Å². The molecule has 1 aliphatic carbocycles. The Morgan fingerprint density at radius 3 is 2.89 bits per heavy atom. The van der Waals surface area contributed by atoms with Crippen LogP contribution in [-0.2, 0) is 6.54 Å². The molecule has 0 bridgehead atoms. The van der Waals surface area contributed by atoms with Crippen LogP contribution in [0.25, 0.3) is 11.5 Å². The van der Waals surface area contributed by atoms with Gasteiger partial charge in [-0.05, 0) is 47.0 Å². The zero-order chi connectivity index (χ0) is 12.4. The third-order valence-corrected chi connectivity index (χ3v) is 3.47. The minimum Gasteiger partial charge on any atom is -0.308 e. The van der Waals surface area contributed by atoms with E-state index in [1.54, 1.807) is 12.4 Å². The van der Waals surface area contributed by atoms with Gasteiger partial charge >= 0.3 is 0 Å². The summed E-state index contributed by atoms with van der Waals surface area (Å²) in [6.07, 6.45) is 6.10. The van der Waals surface area contributed by atoms with Crippen LogP contribution in [0.4, 0.5) is 0 Å². The smallest absolute Gasteiger partial charge is 0.179 e. The third kappa shape index (κ3) is 2.73. The highest BCUT2D eigenvalue weighted by atomic mass is 79.9. The maximum absolute atomic E-state index is 4.54. The summed E-state index contributed by atoms with van der Waals surface area (Å²) in [6, 6.07) is 6.45. The topological polar surface area (TPSA) is 50.7 Å². The lowest BCUT2D eigenvalue weighted by Gasteiger charge is -2.05. The molecular weight excluding hydrogens is 292 g/mol. The SMILES string of the molecule is Brc1cccnc1-c1nccc(CNC2CC2)n1. The van der Waals surface area contributed by atoms with Crippen molar-refractivity contribution in [2.45, 2.75) is 25.4 Å². The first kappa shape index (κ1) is 11.7. The second-order valence-corrected chi connectivity index (χ2v) is 5.21. The van der Waals surface area contributed by atoms with Crippen molar-refractivity contribution in [3.63, 3.8) is 0 Å². The quantitative estimate of drug-likeness (QED) is 0.943. The molecule has 1 aliphatic rings. The van der Waals surface area contributed by atoms with Gasteiger partial charge in [-0.15, -0.1) is 0 Å². The van der Waals surface area contributed by atoms with E-state index in [1.165, 1.54) is 12.8 Å². The van der Waals surface area contributed by atoms with Crippen LogP contribution in [0.2, 0.25) is 0 Å². The molecule has 1 N–H and O–H groups in total. The van der Waals surface area contributed by atoms with Crippen LogP contribution in [0.1, 0.15) is 18.5 Å². The zero-order valence-electron chi connectivity index (χ0n) is 9.81. The summed E-state index contributed by atoms with van der Waals surface area (Å²) in [5.74, 6) is 0.664. The van der Waals surface area contributed by atoms with E-state index in [0.717, 1.165) is 22.4 Å². The fourth-order valence-corrected chi connectivity index (χ4v) is 2.13. The van der Waals surface area contributed by atoms with Gasteiger partial charge in [0.25, 0.3) is 0 Å². The molecule has 0 saturated heterocycles. The molecule has 2 heterocycles. The first-order valence-electron chi connectivity index (χ1n) is 5.99. The summed E-state index contributed by atoms with van der Waals surface area (Å²) < 4.78 is 0.914. The van der Waals surface area contributed by atoms with Crippen molar-refractivity contribution in [2.75, 3.05) is 0 Å². The Bertz CT molecular complexity index is 554. The van der Waals surface area contributed by atoms with Gasteiger partial charge in [0.1, 0.15) is 5.69 Å². The van der Waals surface area contributed by atoms with E-state index in [1.807, 2.05) is 18.2 Å². The second kappa shape index (κ2) is 5.12. The number of hydrogen-bond donors (Lipinski definition) is 1. The standard InChI is InChI=1S/C13H13BrN4/c14-11-2-1-6-15-12(11)13-16-7-5-10(18-13)8-17-9-3-4-9/h1-2,5-7,9,17H,3-4,8H2. The summed E-state index contributed by atoms with van der Waals surface area (Å²) >= 11 is 3.47. The number of halogens is 1. The van der Waals surface area contributed by atoms with Gasteiger partial charge in [0.2, 0.25) is 0 Å². The Labute approximate surface area is 114 Å². The lowest BCUT2D eigenvalue weighted by atomic mass is 10.3. The molecule has 0 spiro atoms. The highest BCUT2D eigenvalue weighted by molar-refractivity contribution is 9.10. The van der Waals surface area contributed by atoms with Gasteiger partial charge in [0, 0.05) is 29.5 Å². The van der Waals surface area contributed by atoms with Gasteiger partial charge in [-0.1, -0.05) is 0 Å². The van der Waals surface area contributed by atoms with Crippen molar-refractivity contribution >= 4 is 15.9 Å². The molecule has 1 fully saturated rings. The first-order valence-corrected chi connectivity index (χ1v) is 6.78. The van der Waals surface area contributed by atoms with Crippen LogP contribution in [-0.4, -0.2) is 21.0 Å². The largest absolute Gasteiger partial charge is 0.308 e. The maximum Gasteiger partial charge on any atom is 0.179 e. The Kier molecular flexibility index (Phi) is 3.34. The van der Waals surface area contributed by atoms with Gasteiger partial charge in [0.05, 0.1) is 5.69 Å². The summed E-state index contributed by atoms with van der Waals surface area (Å²) in [7, 11) is 0. The second-order valence-electron chi connectivity index (χ2n) is 4.36. The molecule has 0 atom stereocenters. The van der Waals surface area contributed by atoms with Crippen molar-refractivity contribution in [1.29, 1.82) is 0 Å². The van der Waals surface area contributed by atoms with E-state index in [-0.39, 0.29) is 0 Å². The number of nitrogens with zero attached hydrogens (tertiary/aromatic N) is 3. The van der Waals surface area contributed by atoms with E-state index >= 15 is 0 Å². The summed E-state index contributed by atoms with van der Waals surface area (Å²) in [6.45, 7) is 0.796. The molecule has 2 aromatic heterocycles. The molecule has 2 aromatic rings. The molecule has 0 radical (unpaired) electrons. The van der Waals surface area contributed by atoms with Crippen LogP contribution < -0.4 is 5.32 Å². The summed E-state index contributed by atoms with van der Waals surface area (Å²) in [5.41, 5.74) is 1.79. The average Bonchev–Trinajstić information content (AvgIpc) is 3.21. The molecule has 92 valence electrons. The van der Waals surface area contributed by atoms with E-state index in [9.17, 15) is 0 Å². The van der Waals surface area contributed by atoms with Gasteiger partial charge in [0.15, 0.2) is 5.82 Å². The molecule has 3 rings (SSSR count). The third-order valence-electron chi connectivity index (χ3n) is 2.83. The van der Waals surface area contributed by atoms with Crippen LogP contribution in [0.15, 0.2) is 35.1 Å². The monoisotopic (exact) mass is 304 g/mol. The minimum absolute atomic E-state index is 0.664. The molecular formula is C13H13BrN4. The van der Waals surface area contributed by atoms with E-state index < -0.39 is 0 Å². The van der Waals surface area contributed by atoms with Gasteiger partial charge < -0.3 is 5.32 Å². The van der Waals surface area contributed by atoms with Crippen molar-refractivity contribution in [3.8, 4) is 11.5 Å². The number of aromatic nitrogens is 3. The molecule has 4 nitrogen and oxygen atoms in total. The molecule has 1 saturated carbocycles. The zero-order valence-corrected chi connectivity index (χ0v) is 11.4. The average molecular weight is 305 g/mol. The van der Waals surface area contributed by atoms with Crippen LogP contribution in [0, 0.1) is 0 Å². The lowest BCUT2D eigenvalue weighted by Crippen LogP contribution is -2.16. The Morgan fingerprint density at radius 2 is 2.11 bits per heavy atom. The van der Waals surface area contributed by atoms with Crippen LogP contribution in [0.5, 0.6) is 0 Å². The number of hydrogen-bond acceptors (Lipinski definition) is 4. The highest BCUT2D eigenvalue weighted by Crippen LogP contribution is 2.22. The van der Waals surface area contributed by atoms with E-state index in [4.69, 9.17) is 0 Å². The van der Waals surface area contributed by atoms with E-state index in [0.29, 0.717) is 11.9 Å². The maximum atomic E-state index is 4.54. The first-order chi connectivity index (χ1) is 8.83. The molecule has 18 heavy (non-hydrogen) atoms. The molecule has 0 unspecified atom stereocenters. The predicted octanol–water partition coefficient (Wildman–Crippen LogP) is 2.55. The predicted molar refractivity (Wildman–Crippen MR) is 72.8 cm³/mol. The van der Waals surface area contributed by atoms with Gasteiger partial charge in [-0.2, -0.15) is 0 Å².